The van der Waals surface area contributed by atoms with Gasteiger partial charge in [0.2, 0.25) is 0 Å². The van der Waals surface area contributed by atoms with E-state index in [4.69, 9.17) is 0 Å². The third kappa shape index (κ3) is 2.86. The molecule has 2 fully saturated rings. The van der Waals surface area contributed by atoms with E-state index in [2.05, 4.69) is 71.1 Å². The van der Waals surface area contributed by atoms with Crippen LogP contribution in [0.3, 0.4) is 0 Å². The first kappa shape index (κ1) is 23.5. The first-order valence-corrected chi connectivity index (χ1v) is 15.9. The molecular weight excluding hydrogens is 434 g/mol. The number of carbonyl (C=O) groups is 2. The number of rotatable bonds is 2. The minimum absolute atomic E-state index is 0.00219. The standard InChI is InChI=1S/C30H37NO2Si/c1-28(2)24-16-23(32)27-21-13-12-19(18-31)29(21,3)15-14-22(27)30(24,4)25(33)17-26(28)34(5,6)20-10-8-7-9-11-20/h7-11,17,19,22,24H,12-16H2,1-6H3/t19-,22+,24-,29-,30-/m1/s1. The first-order chi connectivity index (χ1) is 15.9. The summed E-state index contributed by atoms with van der Waals surface area (Å²) in [6.07, 6.45) is 5.85. The molecule has 1 aromatic carbocycles. The number of carbonyl (C=O) groups excluding carboxylic acids is 2. The van der Waals surface area contributed by atoms with Crippen molar-refractivity contribution in [2.24, 2.45) is 34.0 Å². The number of benzene rings is 1. The Hall–Kier alpha value is -2.25. The Morgan fingerprint density at radius 1 is 1.03 bits per heavy atom. The summed E-state index contributed by atoms with van der Waals surface area (Å²) in [6, 6.07) is 13.1. The lowest BCUT2D eigenvalue weighted by Gasteiger charge is -2.59. The van der Waals surface area contributed by atoms with Crippen molar-refractivity contribution in [1.29, 1.82) is 5.26 Å². The molecule has 5 atom stereocenters. The molecule has 0 aromatic heterocycles. The summed E-state index contributed by atoms with van der Waals surface area (Å²) in [7, 11) is -2.10. The van der Waals surface area contributed by atoms with Crippen molar-refractivity contribution in [3.05, 3.63) is 52.8 Å². The highest BCUT2D eigenvalue weighted by Gasteiger charge is 2.64. The van der Waals surface area contributed by atoms with E-state index in [1.54, 1.807) is 0 Å². The molecule has 0 aliphatic heterocycles. The molecule has 1 aromatic rings. The van der Waals surface area contributed by atoms with Crippen LogP contribution in [0.5, 0.6) is 0 Å². The SMILES string of the molecule is CC1(C)C([Si](C)(C)c2ccccc2)=CC(=O)[C@@]2(C)[C@@H]1CC(=O)C1=C3CC[C@H](C#N)[C@@]3(C)CC[C@@H]12. The average Bonchev–Trinajstić information content (AvgIpc) is 3.14. The van der Waals surface area contributed by atoms with Crippen molar-refractivity contribution >= 4 is 24.8 Å². The highest BCUT2D eigenvalue weighted by Crippen LogP contribution is 2.66. The largest absolute Gasteiger partial charge is 0.295 e. The number of nitriles is 1. The maximum atomic E-state index is 14.1. The number of ketones is 2. The Morgan fingerprint density at radius 2 is 1.71 bits per heavy atom. The van der Waals surface area contributed by atoms with Crippen LogP contribution in [0, 0.1) is 45.3 Å². The fourth-order valence-corrected chi connectivity index (χ4v) is 12.2. The van der Waals surface area contributed by atoms with Crippen LogP contribution in [-0.2, 0) is 9.59 Å². The molecule has 3 nitrogen and oxygen atoms in total. The smallest absolute Gasteiger partial charge is 0.162 e. The number of Topliss-reactive ketones (excluding diaryl/α,β-unsaturated/α-hetero) is 1. The van der Waals surface area contributed by atoms with Crippen LogP contribution < -0.4 is 5.19 Å². The second-order valence-electron chi connectivity index (χ2n) is 12.7. The number of fused-ring (bicyclic) bond motifs is 4. The zero-order valence-electron chi connectivity index (χ0n) is 21.5. The molecule has 0 radical (unpaired) electrons. The van der Waals surface area contributed by atoms with Crippen LogP contribution in [-0.4, -0.2) is 19.6 Å². The van der Waals surface area contributed by atoms with Gasteiger partial charge in [0.05, 0.1) is 12.0 Å². The predicted octanol–water partition coefficient (Wildman–Crippen LogP) is 5.92. The third-order valence-corrected chi connectivity index (χ3v) is 14.5. The monoisotopic (exact) mass is 471 g/mol. The molecule has 178 valence electrons. The molecule has 0 unspecified atom stereocenters. The lowest BCUT2D eigenvalue weighted by Crippen LogP contribution is -2.61. The molecule has 4 aliphatic carbocycles. The van der Waals surface area contributed by atoms with E-state index in [1.807, 2.05) is 12.1 Å². The molecule has 0 spiro atoms. The topological polar surface area (TPSA) is 57.9 Å². The zero-order chi connectivity index (χ0) is 24.7. The van der Waals surface area contributed by atoms with E-state index in [0.717, 1.165) is 31.3 Å². The summed E-state index contributed by atoms with van der Waals surface area (Å²) in [5, 5.41) is 12.4. The molecule has 0 bridgehead atoms. The number of allylic oxidation sites excluding steroid dienone is 4. The maximum absolute atomic E-state index is 14.1. The van der Waals surface area contributed by atoms with E-state index in [1.165, 1.54) is 16.0 Å². The van der Waals surface area contributed by atoms with Gasteiger partial charge in [-0.25, -0.2) is 0 Å². The van der Waals surface area contributed by atoms with Crippen molar-refractivity contribution in [2.75, 3.05) is 0 Å². The van der Waals surface area contributed by atoms with Crippen LogP contribution >= 0.6 is 0 Å². The normalized spacial score (nSPS) is 36.9. The first-order valence-electron chi connectivity index (χ1n) is 12.9. The minimum Gasteiger partial charge on any atom is -0.295 e. The van der Waals surface area contributed by atoms with Crippen LogP contribution in [0.2, 0.25) is 13.1 Å². The fourth-order valence-electron chi connectivity index (χ4n) is 8.59. The zero-order valence-corrected chi connectivity index (χ0v) is 22.5. The van der Waals surface area contributed by atoms with Gasteiger partial charge in [-0.05, 0) is 48.7 Å². The Kier molecular flexibility index (Phi) is 5.09. The van der Waals surface area contributed by atoms with Gasteiger partial charge >= 0.3 is 0 Å². The van der Waals surface area contributed by atoms with Crippen LogP contribution in [0.1, 0.15) is 59.8 Å². The Labute approximate surface area is 205 Å². The molecular formula is C30H37NO2Si. The quantitative estimate of drug-likeness (QED) is 0.503. The van der Waals surface area contributed by atoms with Crippen LogP contribution in [0.15, 0.2) is 52.8 Å². The van der Waals surface area contributed by atoms with Crippen molar-refractivity contribution in [3.63, 3.8) is 0 Å². The molecule has 0 saturated heterocycles. The van der Waals surface area contributed by atoms with Gasteiger partial charge in [0.25, 0.3) is 0 Å². The van der Waals surface area contributed by atoms with Crippen molar-refractivity contribution < 1.29 is 9.59 Å². The predicted molar refractivity (Wildman–Crippen MR) is 138 cm³/mol. The number of nitrogens with zero attached hydrogens (tertiary/aromatic N) is 1. The maximum Gasteiger partial charge on any atom is 0.162 e. The Bertz CT molecular complexity index is 1180. The van der Waals surface area contributed by atoms with Gasteiger partial charge in [-0.3, -0.25) is 9.59 Å². The molecule has 34 heavy (non-hydrogen) atoms. The molecule has 2 saturated carbocycles. The second-order valence-corrected chi connectivity index (χ2v) is 17.1. The van der Waals surface area contributed by atoms with Crippen molar-refractivity contribution in [1.82, 2.24) is 0 Å². The third-order valence-electron chi connectivity index (χ3n) is 10.6. The number of hydrogen-bond donors (Lipinski definition) is 0. The number of hydrogen-bond acceptors (Lipinski definition) is 3. The van der Waals surface area contributed by atoms with Gasteiger partial charge < -0.3 is 0 Å². The van der Waals surface area contributed by atoms with Gasteiger partial charge in [0.15, 0.2) is 11.6 Å². The highest BCUT2D eigenvalue weighted by molar-refractivity contribution is 6.96. The molecule has 4 aliphatic rings. The Balaban J connectivity index is 1.65. The minimum atomic E-state index is -2.10. The lowest BCUT2D eigenvalue weighted by molar-refractivity contribution is -0.142. The van der Waals surface area contributed by atoms with Gasteiger partial charge in [-0.15, -0.1) is 0 Å². The highest BCUT2D eigenvalue weighted by atomic mass is 28.3. The molecule has 4 heteroatoms. The molecule has 5 rings (SSSR count). The molecule has 0 heterocycles. The fraction of sp³-hybridized carbons (Fsp3) is 0.567. The van der Waals surface area contributed by atoms with Crippen molar-refractivity contribution in [3.8, 4) is 6.07 Å². The summed E-state index contributed by atoms with van der Waals surface area (Å²) in [5.74, 6) is 0.426. The van der Waals surface area contributed by atoms with E-state index in [-0.39, 0.29) is 40.2 Å². The average molecular weight is 472 g/mol. The van der Waals surface area contributed by atoms with Gasteiger partial charge in [-0.2, -0.15) is 5.26 Å². The van der Waals surface area contributed by atoms with Crippen LogP contribution in [0.4, 0.5) is 0 Å². The summed E-state index contributed by atoms with van der Waals surface area (Å²) >= 11 is 0. The van der Waals surface area contributed by atoms with Gasteiger partial charge in [0, 0.05) is 23.2 Å². The van der Waals surface area contributed by atoms with E-state index in [9.17, 15) is 14.9 Å². The van der Waals surface area contributed by atoms with E-state index in [0.29, 0.717) is 6.42 Å². The lowest BCUT2D eigenvalue weighted by atomic mass is 9.45. The van der Waals surface area contributed by atoms with Gasteiger partial charge in [-0.1, -0.05) is 87.1 Å². The molecule has 0 amide bonds. The van der Waals surface area contributed by atoms with E-state index >= 15 is 0 Å². The van der Waals surface area contributed by atoms with Crippen LogP contribution in [0.25, 0.3) is 0 Å². The summed E-state index contributed by atoms with van der Waals surface area (Å²) in [4.78, 5) is 28.0. The van der Waals surface area contributed by atoms with Gasteiger partial charge in [0.1, 0.15) is 8.07 Å². The summed E-state index contributed by atoms with van der Waals surface area (Å²) < 4.78 is 0. The second kappa shape index (κ2) is 7.37. The summed E-state index contributed by atoms with van der Waals surface area (Å²) in [6.45, 7) is 13.6. The van der Waals surface area contributed by atoms with Crippen molar-refractivity contribution in [2.45, 2.75) is 72.9 Å². The summed E-state index contributed by atoms with van der Waals surface area (Å²) in [5.41, 5.74) is 1.16. The Morgan fingerprint density at radius 3 is 2.35 bits per heavy atom. The van der Waals surface area contributed by atoms with E-state index < -0.39 is 13.5 Å². The molecule has 0 N–H and O–H groups in total.